The number of amides is 1. The minimum atomic E-state index is -1.16. The van der Waals surface area contributed by atoms with E-state index in [0.29, 0.717) is 5.56 Å². The normalized spacial score (nSPS) is 21.1. The lowest BCUT2D eigenvalue weighted by Gasteiger charge is -2.28. The highest BCUT2D eigenvalue weighted by Gasteiger charge is 2.51. The molecular formula is C19H20N4O5. The number of nitrogens with one attached hydrogen (secondary N) is 1. The number of benzene rings is 2. The van der Waals surface area contributed by atoms with Gasteiger partial charge in [-0.2, -0.15) is 0 Å². The summed E-state index contributed by atoms with van der Waals surface area (Å²) in [7, 11) is 0. The van der Waals surface area contributed by atoms with E-state index in [-0.39, 0.29) is 18.0 Å². The lowest BCUT2D eigenvalue weighted by molar-refractivity contribution is -0.384. The second kappa shape index (κ2) is 8.05. The number of esters is 1. The van der Waals surface area contributed by atoms with Crippen LogP contribution in [0.1, 0.15) is 18.5 Å². The quantitative estimate of drug-likeness (QED) is 0.336. The molecule has 0 radical (unpaired) electrons. The van der Waals surface area contributed by atoms with Gasteiger partial charge < -0.3 is 10.1 Å². The van der Waals surface area contributed by atoms with Gasteiger partial charge in [-0.05, 0) is 18.6 Å². The second-order valence-corrected chi connectivity index (χ2v) is 6.27. The Kier molecular flexibility index (Phi) is 5.55. The molecule has 1 saturated heterocycles. The van der Waals surface area contributed by atoms with Crippen LogP contribution in [0.25, 0.3) is 0 Å². The van der Waals surface area contributed by atoms with Crippen molar-refractivity contribution < 1.29 is 19.2 Å². The summed E-state index contributed by atoms with van der Waals surface area (Å²) in [5, 5.41) is 15.1. The molecule has 3 rings (SSSR count). The number of anilines is 1. The number of hydrogen-bond donors (Lipinski definition) is 2. The van der Waals surface area contributed by atoms with Crippen molar-refractivity contribution in [2.75, 3.05) is 11.6 Å². The SMILES string of the molecule is CCOC(=O)C1C(c2ccccc2)NC(=O)C1N(N)c1ccccc1[N+](=O)[O-]. The summed E-state index contributed by atoms with van der Waals surface area (Å²) in [5.74, 6) is 4.07. The maximum atomic E-state index is 12.8. The van der Waals surface area contributed by atoms with E-state index in [0.717, 1.165) is 5.01 Å². The van der Waals surface area contributed by atoms with E-state index >= 15 is 0 Å². The number of nitrogens with zero attached hydrogens (tertiary/aromatic N) is 2. The first-order valence-electron chi connectivity index (χ1n) is 8.75. The van der Waals surface area contributed by atoms with Crippen LogP contribution in [-0.2, 0) is 14.3 Å². The first kappa shape index (κ1) is 19.3. The highest BCUT2D eigenvalue weighted by atomic mass is 16.6. The largest absolute Gasteiger partial charge is 0.466 e. The molecule has 3 N–H and O–H groups in total. The summed E-state index contributed by atoms with van der Waals surface area (Å²) < 4.78 is 5.17. The molecule has 146 valence electrons. The number of hydrogen-bond acceptors (Lipinski definition) is 7. The Morgan fingerprint density at radius 1 is 1.21 bits per heavy atom. The predicted molar refractivity (Wildman–Crippen MR) is 101 cm³/mol. The molecule has 0 aromatic heterocycles. The van der Waals surface area contributed by atoms with E-state index in [1.54, 1.807) is 37.3 Å². The molecule has 2 aromatic carbocycles. The van der Waals surface area contributed by atoms with Gasteiger partial charge in [0.1, 0.15) is 17.6 Å². The summed E-state index contributed by atoms with van der Waals surface area (Å²) in [6.45, 7) is 1.80. The molecule has 0 bridgehead atoms. The first-order valence-corrected chi connectivity index (χ1v) is 8.75. The maximum absolute atomic E-state index is 12.8. The Hall–Kier alpha value is -3.46. The van der Waals surface area contributed by atoms with Crippen molar-refractivity contribution in [2.45, 2.75) is 19.0 Å². The number of nitro benzene ring substituents is 1. The fraction of sp³-hybridized carbons (Fsp3) is 0.263. The fourth-order valence-electron chi connectivity index (χ4n) is 3.41. The topological polar surface area (TPSA) is 128 Å². The minimum absolute atomic E-state index is 0.0376. The first-order chi connectivity index (χ1) is 13.5. The van der Waals surface area contributed by atoms with Crippen molar-refractivity contribution in [3.05, 3.63) is 70.3 Å². The van der Waals surface area contributed by atoms with Gasteiger partial charge >= 0.3 is 5.97 Å². The molecule has 0 spiro atoms. The van der Waals surface area contributed by atoms with Crippen LogP contribution in [-0.4, -0.2) is 29.4 Å². The Morgan fingerprint density at radius 3 is 2.50 bits per heavy atom. The van der Waals surface area contributed by atoms with E-state index < -0.39 is 34.8 Å². The molecule has 28 heavy (non-hydrogen) atoms. The molecule has 9 nitrogen and oxygen atoms in total. The number of ether oxygens (including phenoxy) is 1. The van der Waals surface area contributed by atoms with Crippen LogP contribution in [0.5, 0.6) is 0 Å². The van der Waals surface area contributed by atoms with Crippen LogP contribution in [0.4, 0.5) is 11.4 Å². The molecule has 3 atom stereocenters. The smallest absolute Gasteiger partial charge is 0.314 e. The molecule has 2 aromatic rings. The number of nitrogens with two attached hydrogens (primary N) is 1. The zero-order valence-corrected chi connectivity index (χ0v) is 15.1. The Morgan fingerprint density at radius 2 is 1.86 bits per heavy atom. The van der Waals surface area contributed by atoms with Gasteiger partial charge in [-0.15, -0.1) is 0 Å². The highest BCUT2D eigenvalue weighted by molar-refractivity contribution is 5.95. The van der Waals surface area contributed by atoms with E-state index in [9.17, 15) is 19.7 Å². The van der Waals surface area contributed by atoms with Crippen LogP contribution >= 0.6 is 0 Å². The summed E-state index contributed by atoms with van der Waals surface area (Å²) in [6.07, 6.45) is 0. The number of carbonyl (C=O) groups excluding carboxylic acids is 2. The van der Waals surface area contributed by atoms with Gasteiger partial charge in [0.25, 0.3) is 5.69 Å². The van der Waals surface area contributed by atoms with Crippen molar-refractivity contribution in [3.63, 3.8) is 0 Å². The number of para-hydroxylation sites is 2. The zero-order chi connectivity index (χ0) is 20.3. The molecule has 1 amide bonds. The third-order valence-electron chi connectivity index (χ3n) is 4.64. The van der Waals surface area contributed by atoms with Crippen LogP contribution < -0.4 is 16.2 Å². The summed E-state index contributed by atoms with van der Waals surface area (Å²) in [4.78, 5) is 36.2. The van der Waals surface area contributed by atoms with Crippen molar-refractivity contribution >= 4 is 23.3 Å². The third kappa shape index (κ3) is 3.52. The van der Waals surface area contributed by atoms with Crippen LogP contribution in [0.15, 0.2) is 54.6 Å². The van der Waals surface area contributed by atoms with E-state index in [4.69, 9.17) is 10.6 Å². The van der Waals surface area contributed by atoms with Crippen LogP contribution in [0.2, 0.25) is 0 Å². The van der Waals surface area contributed by atoms with Gasteiger partial charge in [-0.1, -0.05) is 42.5 Å². The van der Waals surface area contributed by atoms with Crippen LogP contribution in [0, 0.1) is 16.0 Å². The van der Waals surface area contributed by atoms with Crippen LogP contribution in [0.3, 0.4) is 0 Å². The van der Waals surface area contributed by atoms with Crippen molar-refractivity contribution in [2.24, 2.45) is 11.8 Å². The molecule has 9 heteroatoms. The Labute approximate surface area is 161 Å². The van der Waals surface area contributed by atoms with Crippen molar-refractivity contribution in [1.29, 1.82) is 0 Å². The van der Waals surface area contributed by atoms with Gasteiger partial charge in [0.05, 0.1) is 17.6 Å². The maximum Gasteiger partial charge on any atom is 0.314 e. The molecule has 0 saturated carbocycles. The number of hydrazine groups is 1. The number of rotatable bonds is 6. The molecular weight excluding hydrogens is 364 g/mol. The number of nitro groups is 1. The lowest BCUT2D eigenvalue weighted by atomic mass is 9.90. The summed E-state index contributed by atoms with van der Waals surface area (Å²) >= 11 is 0. The predicted octanol–water partition coefficient (Wildman–Crippen LogP) is 1.69. The average molecular weight is 384 g/mol. The standard InChI is InChI=1S/C19H20N4O5/c1-2-28-19(25)15-16(12-8-4-3-5-9-12)21-18(24)17(15)22(20)13-10-6-7-11-14(13)23(26)27/h3-11,15-17H,2,20H2,1H3,(H,21,24). The van der Waals surface area contributed by atoms with E-state index in [1.807, 2.05) is 6.07 Å². The molecule has 1 aliphatic rings. The number of carbonyl (C=O) groups is 2. The Balaban J connectivity index is 2.04. The molecule has 1 fully saturated rings. The fourth-order valence-corrected chi connectivity index (χ4v) is 3.41. The Bertz CT molecular complexity index is 889. The molecule has 1 heterocycles. The van der Waals surface area contributed by atoms with E-state index in [1.165, 1.54) is 18.2 Å². The monoisotopic (exact) mass is 384 g/mol. The lowest BCUT2D eigenvalue weighted by Crippen LogP contribution is -2.50. The zero-order valence-electron chi connectivity index (χ0n) is 15.1. The molecule has 3 unspecified atom stereocenters. The van der Waals surface area contributed by atoms with Crippen molar-refractivity contribution in [1.82, 2.24) is 5.32 Å². The minimum Gasteiger partial charge on any atom is -0.466 e. The third-order valence-corrected chi connectivity index (χ3v) is 4.64. The van der Waals surface area contributed by atoms with Gasteiger partial charge in [0, 0.05) is 6.07 Å². The highest BCUT2D eigenvalue weighted by Crippen LogP contribution is 2.37. The molecule has 1 aliphatic heterocycles. The van der Waals surface area contributed by atoms with Gasteiger partial charge in [-0.25, -0.2) is 5.84 Å². The second-order valence-electron chi connectivity index (χ2n) is 6.27. The summed E-state index contributed by atoms with van der Waals surface area (Å²) in [5.41, 5.74) is 0.492. The van der Waals surface area contributed by atoms with Gasteiger partial charge in [0.2, 0.25) is 5.91 Å². The average Bonchev–Trinajstić information content (AvgIpc) is 3.05. The molecule has 0 aliphatic carbocycles. The van der Waals surface area contributed by atoms with E-state index in [2.05, 4.69) is 5.32 Å². The van der Waals surface area contributed by atoms with Gasteiger partial charge in [0.15, 0.2) is 0 Å². The van der Waals surface area contributed by atoms with Gasteiger partial charge in [-0.3, -0.25) is 24.7 Å². The summed E-state index contributed by atoms with van der Waals surface area (Å²) in [6, 6.07) is 12.9. The van der Waals surface area contributed by atoms with Crippen molar-refractivity contribution in [3.8, 4) is 0 Å².